The normalized spacial score (nSPS) is 12.4. The molecule has 1 rings (SSSR count). The zero-order chi connectivity index (χ0) is 14.8. The number of hydrogen-bond donors (Lipinski definition) is 0. The number of carbonyl (C=O) groups excluding carboxylic acids is 1. The Kier molecular flexibility index (Phi) is 4.17. The summed E-state index contributed by atoms with van der Waals surface area (Å²) in [4.78, 5) is 11.6. The van der Waals surface area contributed by atoms with Crippen LogP contribution in [0.25, 0.3) is 0 Å². The van der Waals surface area contributed by atoms with Gasteiger partial charge in [0.05, 0.1) is 0 Å². The second kappa shape index (κ2) is 5.14. The van der Waals surface area contributed by atoms with E-state index < -0.39 is 18.0 Å². The van der Waals surface area contributed by atoms with E-state index in [1.165, 1.54) is 0 Å². The number of amides is 1. The summed E-state index contributed by atoms with van der Waals surface area (Å²) in [5.74, 6) is -7.63. The van der Waals surface area contributed by atoms with Crippen molar-refractivity contribution in [2.24, 2.45) is 0 Å². The molecule has 0 unspecified atom stereocenters. The molecule has 2 nitrogen and oxygen atoms in total. The maximum atomic E-state index is 12.9. The van der Waals surface area contributed by atoms with Gasteiger partial charge in [-0.15, -0.1) is 0 Å². The van der Waals surface area contributed by atoms with Crippen LogP contribution in [0.15, 0.2) is 24.3 Å². The van der Waals surface area contributed by atoms with Gasteiger partial charge in [0.25, 0.3) is 0 Å². The van der Waals surface area contributed by atoms with Crippen molar-refractivity contribution in [2.45, 2.75) is 25.6 Å². The summed E-state index contributed by atoms with van der Waals surface area (Å²) in [5, 5.41) is 0. The third kappa shape index (κ3) is 3.21. The van der Waals surface area contributed by atoms with Crippen LogP contribution in [-0.4, -0.2) is 30.0 Å². The highest BCUT2D eigenvalue weighted by molar-refractivity contribution is 5.84. The highest BCUT2D eigenvalue weighted by atomic mass is 19.4. The molecule has 106 valence electrons. The lowest BCUT2D eigenvalue weighted by Gasteiger charge is -2.25. The standard InChI is InChI=1S/C12H12F5NO/c1-8-5-3-4-6-9(8)7-18(2)10(19)11(13,14)12(15,16)17/h3-6H,7H2,1-2H3. The zero-order valence-corrected chi connectivity index (χ0v) is 10.3. The van der Waals surface area contributed by atoms with Crippen molar-refractivity contribution in [3.05, 3.63) is 35.4 Å². The Balaban J connectivity index is 2.88. The predicted molar refractivity (Wildman–Crippen MR) is 58.7 cm³/mol. The smallest absolute Gasteiger partial charge is 0.336 e. The molecule has 1 amide bonds. The number of aryl methyl sites for hydroxylation is 1. The zero-order valence-electron chi connectivity index (χ0n) is 10.3. The maximum absolute atomic E-state index is 12.9. The summed E-state index contributed by atoms with van der Waals surface area (Å²) < 4.78 is 61.9. The Hall–Kier alpha value is -1.66. The highest BCUT2D eigenvalue weighted by Crippen LogP contribution is 2.36. The quantitative estimate of drug-likeness (QED) is 0.779. The molecule has 0 fully saturated rings. The van der Waals surface area contributed by atoms with Crippen molar-refractivity contribution in [2.75, 3.05) is 7.05 Å². The van der Waals surface area contributed by atoms with Gasteiger partial charge in [-0.2, -0.15) is 22.0 Å². The Morgan fingerprint density at radius 1 is 1.16 bits per heavy atom. The van der Waals surface area contributed by atoms with Crippen LogP contribution < -0.4 is 0 Å². The number of nitrogens with zero attached hydrogens (tertiary/aromatic N) is 1. The van der Waals surface area contributed by atoms with Crippen LogP contribution in [0.2, 0.25) is 0 Å². The number of benzene rings is 1. The summed E-state index contributed by atoms with van der Waals surface area (Å²) in [6, 6.07) is 6.55. The summed E-state index contributed by atoms with van der Waals surface area (Å²) in [6.07, 6.45) is -5.88. The molecule has 0 bridgehead atoms. The first-order valence-corrected chi connectivity index (χ1v) is 5.32. The summed E-state index contributed by atoms with van der Waals surface area (Å²) in [6.45, 7) is 1.37. The van der Waals surface area contributed by atoms with E-state index in [0.29, 0.717) is 16.0 Å². The van der Waals surface area contributed by atoms with E-state index >= 15 is 0 Å². The maximum Gasteiger partial charge on any atom is 0.463 e. The van der Waals surface area contributed by atoms with Crippen LogP contribution in [0.5, 0.6) is 0 Å². The molecular weight excluding hydrogens is 269 g/mol. The molecule has 0 aliphatic carbocycles. The topological polar surface area (TPSA) is 20.3 Å². The second-order valence-electron chi connectivity index (χ2n) is 4.16. The Morgan fingerprint density at radius 2 is 1.68 bits per heavy atom. The second-order valence-corrected chi connectivity index (χ2v) is 4.16. The lowest BCUT2D eigenvalue weighted by molar-refractivity contribution is -0.274. The molecule has 0 heterocycles. The molecule has 0 saturated carbocycles. The largest absolute Gasteiger partial charge is 0.463 e. The number of halogens is 5. The van der Waals surface area contributed by atoms with Crippen LogP contribution in [-0.2, 0) is 11.3 Å². The van der Waals surface area contributed by atoms with Gasteiger partial charge >= 0.3 is 18.0 Å². The molecule has 0 atom stereocenters. The number of rotatable bonds is 3. The number of carbonyl (C=O) groups is 1. The van der Waals surface area contributed by atoms with Gasteiger partial charge in [0.1, 0.15) is 0 Å². The van der Waals surface area contributed by atoms with Gasteiger partial charge in [-0.05, 0) is 18.1 Å². The average Bonchev–Trinajstić information content (AvgIpc) is 2.29. The molecule has 0 saturated heterocycles. The van der Waals surface area contributed by atoms with Crippen molar-refractivity contribution >= 4 is 5.91 Å². The first kappa shape index (κ1) is 15.4. The molecule has 7 heteroatoms. The van der Waals surface area contributed by atoms with Crippen molar-refractivity contribution in [3.8, 4) is 0 Å². The van der Waals surface area contributed by atoms with Crippen LogP contribution in [0.3, 0.4) is 0 Å². The Labute approximate surface area is 106 Å². The molecule has 0 aliphatic rings. The minimum absolute atomic E-state index is 0.308. The SMILES string of the molecule is Cc1ccccc1CN(C)C(=O)C(F)(F)C(F)(F)F. The fraction of sp³-hybridized carbons (Fsp3) is 0.417. The van der Waals surface area contributed by atoms with Crippen LogP contribution in [0.1, 0.15) is 11.1 Å². The van der Waals surface area contributed by atoms with Crippen molar-refractivity contribution in [1.82, 2.24) is 4.90 Å². The Bertz CT molecular complexity index is 469. The molecular formula is C12H12F5NO. The minimum atomic E-state index is -5.88. The van der Waals surface area contributed by atoms with Gasteiger partial charge < -0.3 is 4.90 Å². The molecule has 1 aromatic carbocycles. The highest BCUT2D eigenvalue weighted by Gasteiger charge is 2.64. The molecule has 0 N–H and O–H groups in total. The van der Waals surface area contributed by atoms with Crippen molar-refractivity contribution in [1.29, 1.82) is 0 Å². The minimum Gasteiger partial charge on any atom is -0.336 e. The first-order chi connectivity index (χ1) is 8.57. The van der Waals surface area contributed by atoms with Gasteiger partial charge in [-0.25, -0.2) is 0 Å². The average molecular weight is 281 g/mol. The predicted octanol–water partition coefficient (Wildman–Crippen LogP) is 3.15. The van der Waals surface area contributed by atoms with Gasteiger partial charge in [0.15, 0.2) is 0 Å². The van der Waals surface area contributed by atoms with Crippen LogP contribution in [0.4, 0.5) is 22.0 Å². The lowest BCUT2D eigenvalue weighted by Crippen LogP contribution is -2.50. The van der Waals surface area contributed by atoms with Gasteiger partial charge in [-0.1, -0.05) is 24.3 Å². The van der Waals surface area contributed by atoms with Crippen LogP contribution in [0, 0.1) is 6.92 Å². The third-order valence-electron chi connectivity index (χ3n) is 2.64. The van der Waals surface area contributed by atoms with Gasteiger partial charge in [0, 0.05) is 13.6 Å². The first-order valence-electron chi connectivity index (χ1n) is 5.32. The van der Waals surface area contributed by atoms with E-state index in [4.69, 9.17) is 0 Å². The lowest BCUT2D eigenvalue weighted by atomic mass is 10.1. The van der Waals surface area contributed by atoms with Gasteiger partial charge in [0.2, 0.25) is 0 Å². The van der Waals surface area contributed by atoms with Gasteiger partial charge in [-0.3, -0.25) is 4.79 Å². The molecule has 0 aliphatic heterocycles. The summed E-state index contributed by atoms with van der Waals surface area (Å²) >= 11 is 0. The Morgan fingerprint density at radius 3 is 2.16 bits per heavy atom. The molecule has 0 radical (unpaired) electrons. The fourth-order valence-corrected chi connectivity index (χ4v) is 1.48. The summed E-state index contributed by atoms with van der Waals surface area (Å²) in [7, 11) is 0.911. The fourth-order valence-electron chi connectivity index (χ4n) is 1.48. The van der Waals surface area contributed by atoms with Crippen molar-refractivity contribution < 1.29 is 26.7 Å². The number of alkyl halides is 5. The third-order valence-corrected chi connectivity index (χ3v) is 2.64. The summed E-state index contributed by atoms with van der Waals surface area (Å²) in [5.41, 5.74) is 1.22. The number of hydrogen-bond acceptors (Lipinski definition) is 1. The van der Waals surface area contributed by atoms with E-state index in [1.807, 2.05) is 0 Å². The van der Waals surface area contributed by atoms with E-state index in [0.717, 1.165) is 7.05 Å². The molecule has 0 spiro atoms. The molecule has 19 heavy (non-hydrogen) atoms. The molecule has 1 aromatic rings. The molecule has 0 aromatic heterocycles. The monoisotopic (exact) mass is 281 g/mol. The van der Waals surface area contributed by atoms with Crippen LogP contribution >= 0.6 is 0 Å². The van der Waals surface area contributed by atoms with E-state index in [9.17, 15) is 26.7 Å². The van der Waals surface area contributed by atoms with E-state index in [1.54, 1.807) is 31.2 Å². The van der Waals surface area contributed by atoms with E-state index in [-0.39, 0.29) is 6.54 Å². The van der Waals surface area contributed by atoms with E-state index in [2.05, 4.69) is 0 Å². The van der Waals surface area contributed by atoms with Crippen molar-refractivity contribution in [3.63, 3.8) is 0 Å².